The minimum atomic E-state index is -0.647. The average Bonchev–Trinajstić information content (AvgIpc) is 3.15. The number of phenolic OH excluding ortho intramolecular Hbond substituents is 1. The number of nitriles is 1. The van der Waals surface area contributed by atoms with Crippen LogP contribution >= 0.6 is 11.3 Å². The zero-order chi connectivity index (χ0) is 26.1. The molecule has 0 aliphatic heterocycles. The summed E-state index contributed by atoms with van der Waals surface area (Å²) in [6.45, 7) is 10.8. The second-order valence-corrected chi connectivity index (χ2v) is 8.59. The highest BCUT2D eigenvalue weighted by Gasteiger charge is 2.28. The van der Waals surface area contributed by atoms with Crippen molar-refractivity contribution >= 4 is 40.8 Å². The number of benzene rings is 1. The number of Topliss-reactive ketones (excluding diaryl/α,β-unsaturated/α-hetero) is 1. The Morgan fingerprint density at radius 3 is 2.26 bits per heavy atom. The van der Waals surface area contributed by atoms with E-state index in [-0.39, 0.29) is 41.4 Å². The number of ether oxygens (including phenoxy) is 2. The van der Waals surface area contributed by atoms with Gasteiger partial charge in [-0.1, -0.05) is 0 Å². The molecular weight excluding hydrogens is 468 g/mol. The summed E-state index contributed by atoms with van der Waals surface area (Å²) in [4.78, 5) is 40.5. The molecule has 8 nitrogen and oxygen atoms in total. The number of esters is 2. The molecule has 1 aromatic heterocycles. The second kappa shape index (κ2) is 12.7. The number of hydrogen-bond acceptors (Lipinski definition) is 9. The van der Waals surface area contributed by atoms with E-state index in [9.17, 15) is 24.8 Å². The van der Waals surface area contributed by atoms with Gasteiger partial charge in [-0.05, 0) is 58.4 Å². The first-order chi connectivity index (χ1) is 16.7. The fraction of sp³-hybridized carbons (Fsp3) is 0.385. The maximum atomic E-state index is 13.0. The number of carbonyl (C=O) groups is 3. The summed E-state index contributed by atoms with van der Waals surface area (Å²) in [7, 11) is 0. The molecule has 0 aliphatic carbocycles. The van der Waals surface area contributed by atoms with Crippen LogP contribution in [0.5, 0.6) is 5.75 Å². The molecule has 0 bridgehead atoms. The molecule has 0 unspecified atom stereocenters. The molecule has 0 aliphatic rings. The maximum Gasteiger partial charge on any atom is 0.348 e. The lowest BCUT2D eigenvalue weighted by Crippen LogP contribution is -2.21. The summed E-state index contributed by atoms with van der Waals surface area (Å²) in [5, 5.41) is 20.1. The molecule has 2 rings (SSSR count). The smallest absolute Gasteiger partial charge is 0.348 e. The van der Waals surface area contributed by atoms with Crippen LogP contribution in [0.25, 0.3) is 6.08 Å². The zero-order valence-electron chi connectivity index (χ0n) is 20.6. The highest BCUT2D eigenvalue weighted by Crippen LogP contribution is 2.32. The highest BCUT2D eigenvalue weighted by atomic mass is 32.1. The van der Waals surface area contributed by atoms with E-state index in [1.54, 1.807) is 32.9 Å². The topological polar surface area (TPSA) is 117 Å². The van der Waals surface area contributed by atoms with E-state index in [0.717, 1.165) is 30.1 Å². The van der Waals surface area contributed by atoms with Crippen LogP contribution in [0.1, 0.15) is 63.7 Å². The third-order valence-electron chi connectivity index (χ3n) is 5.34. The van der Waals surface area contributed by atoms with Crippen LogP contribution in [-0.2, 0) is 20.7 Å². The summed E-state index contributed by atoms with van der Waals surface area (Å²) in [5.41, 5.74) is 1.48. The van der Waals surface area contributed by atoms with Gasteiger partial charge in [0.05, 0.1) is 24.4 Å². The molecular formula is C26H30N2O6S. The van der Waals surface area contributed by atoms with Crippen molar-refractivity contribution in [1.82, 2.24) is 0 Å². The van der Waals surface area contributed by atoms with E-state index >= 15 is 0 Å². The molecule has 0 spiro atoms. The molecule has 9 heteroatoms. The normalized spacial score (nSPS) is 11.0. The van der Waals surface area contributed by atoms with Gasteiger partial charge < -0.3 is 19.5 Å². The number of nitrogens with zero attached hydrogens (tertiary/aromatic N) is 2. The minimum absolute atomic E-state index is 0.0567. The Balaban J connectivity index is 2.42. The standard InChI is InChI=1S/C26H30N2O6S/c1-6-28(7-2)19-11-10-17(20(29)13-19)12-18(15-27)21(30)14-22-23(25(31)33-8-3)16(5)24(35-22)26(32)34-9-4/h10-13,29H,6-9,14H2,1-5H3. The Morgan fingerprint density at radius 1 is 1.09 bits per heavy atom. The zero-order valence-corrected chi connectivity index (χ0v) is 21.5. The summed E-state index contributed by atoms with van der Waals surface area (Å²) in [6.07, 6.45) is 1.04. The minimum Gasteiger partial charge on any atom is -0.507 e. The molecule has 1 N–H and O–H groups in total. The number of phenols is 1. The molecule has 1 aromatic carbocycles. The van der Waals surface area contributed by atoms with Crippen molar-refractivity contribution in [2.45, 2.75) is 41.0 Å². The number of carbonyl (C=O) groups excluding carboxylic acids is 3. The van der Waals surface area contributed by atoms with Crippen LogP contribution in [0.2, 0.25) is 0 Å². The van der Waals surface area contributed by atoms with E-state index in [1.807, 2.05) is 26.0 Å². The van der Waals surface area contributed by atoms with Crippen molar-refractivity contribution in [3.63, 3.8) is 0 Å². The molecule has 0 saturated carbocycles. The number of thiophene rings is 1. The van der Waals surface area contributed by atoms with Crippen LogP contribution in [-0.4, -0.2) is 49.1 Å². The largest absolute Gasteiger partial charge is 0.507 e. The Bertz CT molecular complexity index is 1170. The molecule has 2 aromatic rings. The quantitative estimate of drug-likeness (QED) is 0.270. The predicted molar refractivity (Wildman–Crippen MR) is 135 cm³/mol. The SMILES string of the molecule is CCOC(=O)c1sc(CC(=O)C(C#N)=Cc2ccc(N(CC)CC)cc2O)c(C(=O)OCC)c1C. The second-order valence-electron chi connectivity index (χ2n) is 7.48. The molecule has 0 radical (unpaired) electrons. The van der Waals surface area contributed by atoms with Crippen molar-refractivity contribution in [3.8, 4) is 11.8 Å². The van der Waals surface area contributed by atoms with Crippen LogP contribution < -0.4 is 4.90 Å². The van der Waals surface area contributed by atoms with Crippen LogP contribution in [0.3, 0.4) is 0 Å². The third kappa shape index (κ3) is 6.49. The van der Waals surface area contributed by atoms with Crippen LogP contribution in [0.4, 0.5) is 5.69 Å². The Labute approximate surface area is 209 Å². The van der Waals surface area contributed by atoms with E-state index in [2.05, 4.69) is 4.90 Å². The van der Waals surface area contributed by atoms with Gasteiger partial charge in [0.15, 0.2) is 5.78 Å². The van der Waals surface area contributed by atoms with Gasteiger partial charge in [0.2, 0.25) is 0 Å². The van der Waals surface area contributed by atoms with Gasteiger partial charge in [-0.15, -0.1) is 11.3 Å². The molecule has 35 heavy (non-hydrogen) atoms. The molecule has 0 atom stereocenters. The van der Waals surface area contributed by atoms with Gasteiger partial charge in [0.1, 0.15) is 16.7 Å². The number of rotatable bonds is 11. The number of ketones is 1. The first-order valence-corrected chi connectivity index (χ1v) is 12.2. The predicted octanol–water partition coefficient (Wildman–Crippen LogP) is 4.68. The monoisotopic (exact) mass is 498 g/mol. The van der Waals surface area contributed by atoms with Crippen LogP contribution in [0.15, 0.2) is 23.8 Å². The van der Waals surface area contributed by atoms with Gasteiger partial charge in [-0.2, -0.15) is 5.26 Å². The summed E-state index contributed by atoms with van der Waals surface area (Å²) in [5.74, 6) is -1.85. The molecule has 0 saturated heterocycles. The van der Waals surface area contributed by atoms with E-state index in [0.29, 0.717) is 16.0 Å². The number of allylic oxidation sites excluding steroid dienone is 1. The summed E-state index contributed by atoms with van der Waals surface area (Å²) >= 11 is 0.976. The summed E-state index contributed by atoms with van der Waals surface area (Å²) in [6, 6.07) is 6.93. The van der Waals surface area contributed by atoms with Crippen molar-refractivity contribution in [3.05, 3.63) is 50.2 Å². The maximum absolute atomic E-state index is 13.0. The Morgan fingerprint density at radius 2 is 1.71 bits per heavy atom. The number of anilines is 1. The van der Waals surface area contributed by atoms with Crippen molar-refractivity contribution < 1.29 is 29.0 Å². The lowest BCUT2D eigenvalue weighted by atomic mass is 10.0. The van der Waals surface area contributed by atoms with Crippen molar-refractivity contribution in [1.29, 1.82) is 5.26 Å². The molecule has 186 valence electrons. The number of aromatic hydroxyl groups is 1. The fourth-order valence-corrected chi connectivity index (χ4v) is 4.76. The van der Waals surface area contributed by atoms with Crippen molar-refractivity contribution in [2.75, 3.05) is 31.2 Å². The van der Waals surface area contributed by atoms with Gasteiger partial charge in [0, 0.05) is 41.7 Å². The van der Waals surface area contributed by atoms with E-state index < -0.39 is 17.7 Å². The van der Waals surface area contributed by atoms with Gasteiger partial charge >= 0.3 is 11.9 Å². The lowest BCUT2D eigenvalue weighted by Gasteiger charge is -2.21. The number of hydrogen-bond donors (Lipinski definition) is 1. The van der Waals surface area contributed by atoms with E-state index in [1.165, 1.54) is 6.08 Å². The van der Waals surface area contributed by atoms with Crippen molar-refractivity contribution in [2.24, 2.45) is 0 Å². The van der Waals surface area contributed by atoms with Gasteiger partial charge in [-0.25, -0.2) is 9.59 Å². The van der Waals surface area contributed by atoms with Gasteiger partial charge in [-0.3, -0.25) is 4.79 Å². The first kappa shape index (κ1) is 27.6. The third-order valence-corrected chi connectivity index (χ3v) is 6.62. The molecule has 0 fully saturated rings. The highest BCUT2D eigenvalue weighted by molar-refractivity contribution is 7.14. The lowest BCUT2D eigenvalue weighted by molar-refractivity contribution is -0.114. The Kier molecular flexibility index (Phi) is 10.0. The molecule has 1 heterocycles. The Hall–Kier alpha value is -3.64. The average molecular weight is 499 g/mol. The molecule has 0 amide bonds. The summed E-state index contributed by atoms with van der Waals surface area (Å²) < 4.78 is 10.2. The van der Waals surface area contributed by atoms with E-state index in [4.69, 9.17) is 9.47 Å². The fourth-order valence-electron chi connectivity index (χ4n) is 3.57. The van der Waals surface area contributed by atoms with Crippen LogP contribution in [0, 0.1) is 18.3 Å². The van der Waals surface area contributed by atoms with Gasteiger partial charge in [0.25, 0.3) is 0 Å². The first-order valence-electron chi connectivity index (χ1n) is 11.4.